The number of nitrogens with zero attached hydrogens (tertiary/aromatic N) is 2. The molecule has 4 rings (SSSR count). The van der Waals surface area contributed by atoms with E-state index in [1.807, 2.05) is 6.92 Å². The topological polar surface area (TPSA) is 74.6 Å². The third-order valence-electron chi connectivity index (χ3n) is 5.83. The van der Waals surface area contributed by atoms with Gasteiger partial charge in [0.1, 0.15) is 11.4 Å². The zero-order chi connectivity index (χ0) is 18.5. The van der Waals surface area contributed by atoms with Gasteiger partial charge in [-0.2, -0.15) is 0 Å². The Morgan fingerprint density at radius 3 is 2.85 bits per heavy atom. The number of benzene rings is 1. The maximum absolute atomic E-state index is 14.8. The molecule has 0 saturated carbocycles. The van der Waals surface area contributed by atoms with Crippen molar-refractivity contribution in [3.63, 3.8) is 0 Å². The third-order valence-corrected chi connectivity index (χ3v) is 5.83. The van der Waals surface area contributed by atoms with E-state index in [2.05, 4.69) is 10.2 Å². The number of aromatic carboxylic acids is 1. The Morgan fingerprint density at radius 1 is 1.38 bits per heavy atom. The Bertz CT molecular complexity index is 947. The van der Waals surface area contributed by atoms with Crippen LogP contribution in [0.3, 0.4) is 0 Å². The highest BCUT2D eigenvalue weighted by Crippen LogP contribution is 2.39. The molecular weight excluding hydrogens is 337 g/mol. The number of rotatable bonds is 3. The summed E-state index contributed by atoms with van der Waals surface area (Å²) in [7, 11) is 0. The summed E-state index contributed by atoms with van der Waals surface area (Å²) in [5.74, 6) is -1.76. The van der Waals surface area contributed by atoms with Crippen LogP contribution >= 0.6 is 0 Å². The highest BCUT2D eigenvalue weighted by atomic mass is 19.1. The molecule has 7 heteroatoms. The van der Waals surface area contributed by atoms with Crippen LogP contribution in [0.4, 0.5) is 10.1 Å². The number of hydrogen-bond acceptors (Lipinski definition) is 4. The van der Waals surface area contributed by atoms with Crippen LogP contribution in [0.25, 0.3) is 10.9 Å². The van der Waals surface area contributed by atoms with Gasteiger partial charge in [-0.15, -0.1) is 0 Å². The Balaban J connectivity index is 1.83. The molecule has 0 aliphatic carbocycles. The second-order valence-corrected chi connectivity index (χ2v) is 7.38. The molecule has 3 heterocycles. The van der Waals surface area contributed by atoms with Crippen molar-refractivity contribution in [1.82, 2.24) is 9.88 Å². The van der Waals surface area contributed by atoms with Crippen molar-refractivity contribution in [3.05, 3.63) is 39.9 Å². The summed E-state index contributed by atoms with van der Waals surface area (Å²) in [6.45, 7) is 5.91. The fourth-order valence-corrected chi connectivity index (χ4v) is 4.34. The van der Waals surface area contributed by atoms with E-state index in [-0.39, 0.29) is 16.4 Å². The highest BCUT2D eigenvalue weighted by molar-refractivity contribution is 5.93. The Labute approximate surface area is 150 Å². The van der Waals surface area contributed by atoms with Gasteiger partial charge in [-0.05, 0) is 38.4 Å². The molecule has 2 fully saturated rings. The number of halogens is 1. The van der Waals surface area contributed by atoms with E-state index in [0.717, 1.165) is 39.0 Å². The van der Waals surface area contributed by atoms with Gasteiger partial charge in [0.15, 0.2) is 0 Å². The van der Waals surface area contributed by atoms with Gasteiger partial charge in [0.2, 0.25) is 5.43 Å². The number of hydrogen-bond donors (Lipinski definition) is 2. The summed E-state index contributed by atoms with van der Waals surface area (Å²) in [5.41, 5.74) is 0.304. The van der Waals surface area contributed by atoms with E-state index in [0.29, 0.717) is 17.7 Å². The van der Waals surface area contributed by atoms with Gasteiger partial charge in [-0.3, -0.25) is 4.79 Å². The Morgan fingerprint density at radius 2 is 2.19 bits per heavy atom. The number of anilines is 1. The minimum atomic E-state index is -1.29. The fourth-order valence-electron chi connectivity index (χ4n) is 4.34. The number of carboxylic acids is 1. The van der Waals surface area contributed by atoms with Crippen molar-refractivity contribution in [2.75, 3.05) is 31.1 Å². The summed E-state index contributed by atoms with van der Waals surface area (Å²) in [4.78, 5) is 25.8. The lowest BCUT2D eigenvalue weighted by molar-refractivity contribution is 0.0695. The lowest BCUT2D eigenvalue weighted by Gasteiger charge is -2.25. The number of nitrogens with one attached hydrogen (secondary N) is 1. The molecule has 2 aliphatic heterocycles. The van der Waals surface area contributed by atoms with Gasteiger partial charge in [0.25, 0.3) is 0 Å². The average Bonchev–Trinajstić information content (AvgIpc) is 3.25. The lowest BCUT2D eigenvalue weighted by atomic mass is 9.86. The van der Waals surface area contributed by atoms with Crippen LogP contribution in [0.5, 0.6) is 0 Å². The first-order valence-electron chi connectivity index (χ1n) is 9.00. The maximum atomic E-state index is 14.8. The van der Waals surface area contributed by atoms with E-state index >= 15 is 0 Å². The predicted molar refractivity (Wildman–Crippen MR) is 97.5 cm³/mol. The smallest absolute Gasteiger partial charge is 0.341 e. The normalized spacial score (nSPS) is 22.6. The molecule has 1 atom stereocenters. The predicted octanol–water partition coefficient (Wildman–Crippen LogP) is 2.05. The van der Waals surface area contributed by atoms with Crippen molar-refractivity contribution in [3.8, 4) is 0 Å². The first-order valence-corrected chi connectivity index (χ1v) is 9.00. The van der Waals surface area contributed by atoms with Gasteiger partial charge in [-0.25, -0.2) is 9.18 Å². The third kappa shape index (κ3) is 2.58. The second kappa shape index (κ2) is 6.09. The van der Waals surface area contributed by atoms with Gasteiger partial charge in [0, 0.05) is 43.2 Å². The summed E-state index contributed by atoms with van der Waals surface area (Å²) < 4.78 is 16.5. The molecule has 2 aromatic rings. The quantitative estimate of drug-likeness (QED) is 0.877. The number of aromatic nitrogens is 1. The molecule has 1 aromatic heterocycles. The zero-order valence-electron chi connectivity index (χ0n) is 14.7. The van der Waals surface area contributed by atoms with E-state index in [1.165, 1.54) is 12.3 Å². The molecule has 0 amide bonds. The van der Waals surface area contributed by atoms with Gasteiger partial charge < -0.3 is 19.9 Å². The number of carboxylic acid groups (broad SMARTS) is 1. The Kier molecular flexibility index (Phi) is 3.99. The molecule has 138 valence electrons. The van der Waals surface area contributed by atoms with Crippen molar-refractivity contribution in [2.24, 2.45) is 5.41 Å². The summed E-state index contributed by atoms with van der Waals surface area (Å²) in [6, 6.07) is 2.89. The second-order valence-electron chi connectivity index (χ2n) is 7.38. The van der Waals surface area contributed by atoms with Crippen LogP contribution in [0.1, 0.15) is 30.1 Å². The summed E-state index contributed by atoms with van der Waals surface area (Å²) >= 11 is 0. The lowest BCUT2D eigenvalue weighted by Crippen LogP contribution is -2.29. The summed E-state index contributed by atoms with van der Waals surface area (Å²) in [5, 5.41) is 12.7. The number of fused-ring (bicyclic) bond motifs is 1. The zero-order valence-corrected chi connectivity index (χ0v) is 14.7. The molecule has 1 unspecified atom stereocenters. The van der Waals surface area contributed by atoms with Crippen LogP contribution in [-0.2, 0) is 6.54 Å². The molecule has 2 aliphatic rings. The molecular formula is C19H22FN3O3. The standard InChI is InChI=1S/C19H22FN3O3/c1-2-22-9-13(18(25)26)17(24)12-7-14(20)16(8-15(12)22)23-6-4-19(11-23)3-5-21-10-19/h7-9,21H,2-6,10-11H2,1H3,(H,25,26). The van der Waals surface area contributed by atoms with Gasteiger partial charge in [0.05, 0.1) is 11.2 Å². The monoisotopic (exact) mass is 359 g/mol. The maximum Gasteiger partial charge on any atom is 0.341 e. The van der Waals surface area contributed by atoms with Crippen LogP contribution in [0, 0.1) is 11.2 Å². The Hall–Kier alpha value is -2.41. The van der Waals surface area contributed by atoms with Crippen molar-refractivity contribution >= 4 is 22.6 Å². The minimum Gasteiger partial charge on any atom is -0.477 e. The molecule has 2 N–H and O–H groups in total. The largest absolute Gasteiger partial charge is 0.477 e. The van der Waals surface area contributed by atoms with Gasteiger partial charge >= 0.3 is 5.97 Å². The van der Waals surface area contributed by atoms with Gasteiger partial charge in [-0.1, -0.05) is 0 Å². The number of aryl methyl sites for hydroxylation is 1. The van der Waals surface area contributed by atoms with Crippen molar-refractivity contribution in [2.45, 2.75) is 26.3 Å². The molecule has 0 radical (unpaired) electrons. The molecule has 1 spiro atoms. The molecule has 2 saturated heterocycles. The summed E-state index contributed by atoms with van der Waals surface area (Å²) in [6.07, 6.45) is 3.47. The average molecular weight is 359 g/mol. The first-order chi connectivity index (χ1) is 12.4. The highest BCUT2D eigenvalue weighted by Gasteiger charge is 2.41. The SMILES string of the molecule is CCn1cc(C(=O)O)c(=O)c2cc(F)c(N3CCC4(CCNC4)C3)cc21. The van der Waals surface area contributed by atoms with Crippen LogP contribution in [-0.4, -0.2) is 41.8 Å². The number of pyridine rings is 1. The van der Waals surface area contributed by atoms with E-state index in [4.69, 9.17) is 0 Å². The van der Waals surface area contributed by atoms with Crippen LogP contribution in [0.15, 0.2) is 23.1 Å². The molecule has 0 bridgehead atoms. The van der Waals surface area contributed by atoms with Crippen LogP contribution < -0.4 is 15.6 Å². The van der Waals surface area contributed by atoms with Crippen LogP contribution in [0.2, 0.25) is 0 Å². The van der Waals surface area contributed by atoms with Crippen molar-refractivity contribution < 1.29 is 14.3 Å². The molecule has 1 aromatic carbocycles. The minimum absolute atomic E-state index is 0.115. The fraction of sp³-hybridized carbons (Fsp3) is 0.474. The van der Waals surface area contributed by atoms with Crippen molar-refractivity contribution in [1.29, 1.82) is 0 Å². The first kappa shape index (κ1) is 17.0. The van der Waals surface area contributed by atoms with E-state index < -0.39 is 17.2 Å². The molecule has 6 nitrogen and oxygen atoms in total. The molecule has 26 heavy (non-hydrogen) atoms. The van der Waals surface area contributed by atoms with E-state index in [1.54, 1.807) is 10.6 Å². The van der Waals surface area contributed by atoms with E-state index in [9.17, 15) is 19.1 Å². The number of carbonyl (C=O) groups is 1.